The lowest BCUT2D eigenvalue weighted by Crippen LogP contribution is -2.43. The Morgan fingerprint density at radius 3 is 2.20 bits per heavy atom. The van der Waals surface area contributed by atoms with Crippen LogP contribution in [-0.4, -0.2) is 35.0 Å². The fraction of sp³-hybridized carbons (Fsp3) is 0.643. The molecule has 6 heteroatoms. The molecule has 0 radical (unpaired) electrons. The number of amides is 2. The minimum absolute atomic E-state index is 0.259. The van der Waals surface area contributed by atoms with E-state index >= 15 is 0 Å². The predicted molar refractivity (Wildman–Crippen MR) is 76.1 cm³/mol. The first-order valence-electron chi connectivity index (χ1n) is 6.83. The minimum Gasteiger partial charge on any atom is -0.360 e. The van der Waals surface area contributed by atoms with Gasteiger partial charge in [-0.15, -0.1) is 0 Å². The van der Waals surface area contributed by atoms with Crippen molar-refractivity contribution in [3.63, 3.8) is 0 Å². The maximum absolute atomic E-state index is 12.2. The van der Waals surface area contributed by atoms with Crippen molar-refractivity contribution in [3.05, 3.63) is 11.8 Å². The Hall–Kier alpha value is -1.85. The maximum Gasteiger partial charge on any atom is 0.315 e. The van der Waals surface area contributed by atoms with Gasteiger partial charge in [0.25, 0.3) is 0 Å². The van der Waals surface area contributed by atoms with Crippen LogP contribution < -0.4 is 5.32 Å². The second-order valence-electron chi connectivity index (χ2n) is 5.77. The van der Waals surface area contributed by atoms with Crippen LogP contribution in [0.2, 0.25) is 0 Å². The van der Waals surface area contributed by atoms with Gasteiger partial charge in [0, 0.05) is 19.2 Å². The normalized spacial score (nSPS) is 10.9. The predicted octanol–water partition coefficient (Wildman–Crippen LogP) is 2.06. The number of hydrogen-bond donors (Lipinski definition) is 1. The van der Waals surface area contributed by atoms with Gasteiger partial charge < -0.3 is 9.42 Å². The highest BCUT2D eigenvalue weighted by Gasteiger charge is 2.24. The van der Waals surface area contributed by atoms with Crippen molar-refractivity contribution in [3.8, 4) is 0 Å². The maximum atomic E-state index is 12.2. The van der Waals surface area contributed by atoms with E-state index in [0.29, 0.717) is 30.7 Å². The summed E-state index contributed by atoms with van der Waals surface area (Å²) in [6.45, 7) is 10.9. The minimum atomic E-state index is -0.681. The lowest BCUT2D eigenvalue weighted by atomic mass is 10.1. The van der Waals surface area contributed by atoms with Crippen LogP contribution in [0.5, 0.6) is 0 Å². The number of aryl methyl sites for hydroxylation is 1. The van der Waals surface area contributed by atoms with Gasteiger partial charge in [-0.25, -0.2) is 0 Å². The van der Waals surface area contributed by atoms with Gasteiger partial charge >= 0.3 is 11.8 Å². The van der Waals surface area contributed by atoms with Crippen molar-refractivity contribution in [2.24, 2.45) is 11.8 Å². The number of rotatable bonds is 5. The van der Waals surface area contributed by atoms with Crippen LogP contribution in [0.3, 0.4) is 0 Å². The summed E-state index contributed by atoms with van der Waals surface area (Å²) in [6, 6.07) is 1.57. The lowest BCUT2D eigenvalue weighted by Gasteiger charge is -2.25. The molecule has 0 aliphatic carbocycles. The van der Waals surface area contributed by atoms with E-state index in [-0.39, 0.29) is 5.82 Å². The Labute approximate surface area is 119 Å². The summed E-state index contributed by atoms with van der Waals surface area (Å²) in [5.41, 5.74) is 0. The van der Waals surface area contributed by atoms with Gasteiger partial charge in [-0.3, -0.25) is 14.9 Å². The van der Waals surface area contributed by atoms with E-state index in [0.717, 1.165) is 0 Å². The fourth-order valence-corrected chi connectivity index (χ4v) is 1.86. The van der Waals surface area contributed by atoms with Gasteiger partial charge in [0.1, 0.15) is 5.76 Å². The molecule has 1 rings (SSSR count). The van der Waals surface area contributed by atoms with Crippen molar-refractivity contribution < 1.29 is 14.1 Å². The molecule has 0 unspecified atom stereocenters. The largest absolute Gasteiger partial charge is 0.360 e. The molecule has 1 heterocycles. The molecule has 2 amide bonds. The standard InChI is InChI=1S/C14H23N3O3/c1-9(2)7-17(8-10(3)4)14(19)13(18)15-12-6-11(5)20-16-12/h6,9-10H,7-8H2,1-5H3,(H,15,16,18). The molecule has 0 saturated carbocycles. The molecule has 0 aliphatic heterocycles. The Morgan fingerprint density at radius 1 is 1.25 bits per heavy atom. The second kappa shape index (κ2) is 7.07. The van der Waals surface area contributed by atoms with Gasteiger partial charge in [-0.2, -0.15) is 0 Å². The summed E-state index contributed by atoms with van der Waals surface area (Å²) >= 11 is 0. The summed E-state index contributed by atoms with van der Waals surface area (Å²) in [5, 5.41) is 6.10. The number of carbonyl (C=O) groups is 2. The van der Waals surface area contributed by atoms with E-state index in [2.05, 4.69) is 10.5 Å². The fourth-order valence-electron chi connectivity index (χ4n) is 1.86. The summed E-state index contributed by atoms with van der Waals surface area (Å²) in [5.74, 6) is 0.233. The van der Waals surface area contributed by atoms with Crippen LogP contribution in [0.4, 0.5) is 5.82 Å². The Morgan fingerprint density at radius 2 is 1.80 bits per heavy atom. The van der Waals surface area contributed by atoms with Gasteiger partial charge in [0.05, 0.1) is 0 Å². The third kappa shape index (κ3) is 5.03. The van der Waals surface area contributed by atoms with Crippen LogP contribution in [0.1, 0.15) is 33.5 Å². The second-order valence-corrected chi connectivity index (χ2v) is 5.77. The van der Waals surface area contributed by atoms with Gasteiger partial charge in [-0.05, 0) is 18.8 Å². The average Bonchev–Trinajstić information content (AvgIpc) is 2.71. The highest BCUT2D eigenvalue weighted by atomic mass is 16.5. The summed E-state index contributed by atoms with van der Waals surface area (Å²) in [7, 11) is 0. The summed E-state index contributed by atoms with van der Waals surface area (Å²) in [6.07, 6.45) is 0. The quantitative estimate of drug-likeness (QED) is 0.838. The van der Waals surface area contributed by atoms with Crippen LogP contribution in [0.15, 0.2) is 10.6 Å². The molecule has 0 fully saturated rings. The Bertz CT molecular complexity index is 456. The molecule has 1 aromatic rings. The van der Waals surface area contributed by atoms with Crippen molar-refractivity contribution in [2.45, 2.75) is 34.6 Å². The molecule has 1 aromatic heterocycles. The molecular formula is C14H23N3O3. The van der Waals surface area contributed by atoms with Crippen molar-refractivity contribution in [2.75, 3.05) is 18.4 Å². The molecule has 1 N–H and O–H groups in total. The van der Waals surface area contributed by atoms with Gasteiger partial charge in [-0.1, -0.05) is 32.9 Å². The molecule has 112 valence electrons. The van der Waals surface area contributed by atoms with Gasteiger partial charge in [0.2, 0.25) is 0 Å². The molecule has 0 saturated heterocycles. The zero-order valence-corrected chi connectivity index (χ0v) is 12.8. The van der Waals surface area contributed by atoms with Gasteiger partial charge in [0.15, 0.2) is 5.82 Å². The Kier molecular flexibility index (Phi) is 5.73. The molecule has 0 aliphatic rings. The molecule has 6 nitrogen and oxygen atoms in total. The molecule has 0 bridgehead atoms. The van der Waals surface area contributed by atoms with Crippen molar-refractivity contribution in [1.29, 1.82) is 0 Å². The first-order chi connectivity index (χ1) is 9.29. The zero-order valence-electron chi connectivity index (χ0n) is 12.8. The van der Waals surface area contributed by atoms with Crippen molar-refractivity contribution >= 4 is 17.6 Å². The lowest BCUT2D eigenvalue weighted by molar-refractivity contribution is -0.143. The highest BCUT2D eigenvalue weighted by molar-refractivity contribution is 6.39. The third-order valence-corrected chi connectivity index (χ3v) is 2.52. The molecule has 0 atom stereocenters. The number of carbonyl (C=O) groups excluding carboxylic acids is 2. The SMILES string of the molecule is Cc1cc(NC(=O)C(=O)N(CC(C)C)CC(C)C)no1. The van der Waals surface area contributed by atoms with E-state index in [1.807, 2.05) is 27.7 Å². The molecule has 20 heavy (non-hydrogen) atoms. The first-order valence-corrected chi connectivity index (χ1v) is 6.83. The third-order valence-electron chi connectivity index (χ3n) is 2.52. The number of nitrogens with zero attached hydrogens (tertiary/aromatic N) is 2. The number of nitrogens with one attached hydrogen (secondary N) is 1. The highest BCUT2D eigenvalue weighted by Crippen LogP contribution is 2.09. The molecule has 0 aromatic carbocycles. The molecular weight excluding hydrogens is 258 g/mol. The van der Waals surface area contributed by atoms with E-state index in [9.17, 15) is 9.59 Å². The average molecular weight is 281 g/mol. The topological polar surface area (TPSA) is 75.4 Å². The number of aromatic nitrogens is 1. The monoisotopic (exact) mass is 281 g/mol. The van der Waals surface area contributed by atoms with Crippen LogP contribution in [-0.2, 0) is 9.59 Å². The van der Waals surface area contributed by atoms with E-state index in [4.69, 9.17) is 4.52 Å². The van der Waals surface area contributed by atoms with Crippen LogP contribution in [0, 0.1) is 18.8 Å². The smallest absolute Gasteiger partial charge is 0.315 e. The molecule has 0 spiro atoms. The van der Waals surface area contributed by atoms with Crippen molar-refractivity contribution in [1.82, 2.24) is 10.1 Å². The van der Waals surface area contributed by atoms with E-state index < -0.39 is 11.8 Å². The number of anilines is 1. The zero-order chi connectivity index (χ0) is 15.3. The first kappa shape index (κ1) is 16.2. The van der Waals surface area contributed by atoms with E-state index in [1.165, 1.54) is 0 Å². The number of hydrogen-bond acceptors (Lipinski definition) is 4. The van der Waals surface area contributed by atoms with Crippen LogP contribution >= 0.6 is 0 Å². The summed E-state index contributed by atoms with van der Waals surface area (Å²) in [4.78, 5) is 25.7. The van der Waals surface area contributed by atoms with Crippen LogP contribution in [0.25, 0.3) is 0 Å². The Balaban J connectivity index is 2.69. The van der Waals surface area contributed by atoms with E-state index in [1.54, 1.807) is 17.9 Å². The summed E-state index contributed by atoms with van der Waals surface area (Å²) < 4.78 is 4.85.